The predicted molar refractivity (Wildman–Crippen MR) is 166 cm³/mol. The van der Waals surface area contributed by atoms with Crippen LogP contribution in [0.3, 0.4) is 0 Å². The van der Waals surface area contributed by atoms with E-state index in [9.17, 15) is 22.8 Å². The molecule has 3 aliphatic rings. The van der Waals surface area contributed by atoms with Crippen molar-refractivity contribution in [2.75, 3.05) is 10.6 Å². The summed E-state index contributed by atoms with van der Waals surface area (Å²) in [5.41, 5.74) is 1.48. The van der Waals surface area contributed by atoms with E-state index in [1.165, 1.54) is 38.0 Å². The molecule has 3 fully saturated rings. The van der Waals surface area contributed by atoms with Gasteiger partial charge >= 0.3 is 6.18 Å². The third-order valence-electron chi connectivity index (χ3n) is 10.0. The molecule has 2 N–H and O–H groups in total. The van der Waals surface area contributed by atoms with Gasteiger partial charge in [-0.3, -0.25) is 9.59 Å². The summed E-state index contributed by atoms with van der Waals surface area (Å²) in [6.45, 7) is 3.08. The van der Waals surface area contributed by atoms with E-state index in [2.05, 4.69) is 10.6 Å². The minimum absolute atomic E-state index is 0.0120. The summed E-state index contributed by atoms with van der Waals surface area (Å²) in [6.07, 6.45) is 2.92. The number of carbonyl (C=O) groups excluding carboxylic acids is 2. The van der Waals surface area contributed by atoms with Crippen molar-refractivity contribution in [3.05, 3.63) is 94.3 Å². The highest BCUT2D eigenvalue weighted by Crippen LogP contribution is 2.49. The Bertz CT molecular complexity index is 1550. The molecular weight excluding hydrogens is 582 g/mol. The molecule has 0 radical (unpaired) electrons. The Kier molecular flexibility index (Phi) is 8.63. The fraction of sp³-hybridized carbons (Fsp3) is 0.444. The van der Waals surface area contributed by atoms with Gasteiger partial charge in [-0.25, -0.2) is 4.39 Å². The van der Waals surface area contributed by atoms with Crippen molar-refractivity contribution in [3.63, 3.8) is 0 Å². The number of amides is 2. The Morgan fingerprint density at radius 2 is 1.56 bits per heavy atom. The largest absolute Gasteiger partial charge is 0.416 e. The zero-order valence-electron chi connectivity index (χ0n) is 25.6. The molecule has 6 rings (SSSR count). The number of hydrogen-bond donors (Lipinski definition) is 2. The molecular formula is C36H39F4N3O2. The number of hydrogen-bond acceptors (Lipinski definition) is 3. The van der Waals surface area contributed by atoms with Crippen LogP contribution in [-0.2, 0) is 11.0 Å². The summed E-state index contributed by atoms with van der Waals surface area (Å²) in [6, 6.07) is 15.5. The normalized spacial score (nSPS) is 23.6. The molecule has 2 saturated carbocycles. The second kappa shape index (κ2) is 12.5. The number of rotatable bonds is 6. The SMILES string of the molecule is Cc1ccc(NC(=O)C2C[C@@H]3CCC[C@@H]3N(C(=O)c3c(C)cccc3F)C2c2ccc(NC3CCCC3)cc2)cc1C(F)(F)F. The highest BCUT2D eigenvalue weighted by Gasteiger charge is 2.50. The van der Waals surface area contributed by atoms with Gasteiger partial charge in [0.2, 0.25) is 5.91 Å². The first-order valence-corrected chi connectivity index (χ1v) is 15.9. The summed E-state index contributed by atoms with van der Waals surface area (Å²) >= 11 is 0. The van der Waals surface area contributed by atoms with E-state index in [0.717, 1.165) is 49.4 Å². The second-order valence-electron chi connectivity index (χ2n) is 13.0. The maximum Gasteiger partial charge on any atom is 0.416 e. The summed E-state index contributed by atoms with van der Waals surface area (Å²) in [5, 5.41) is 6.32. The van der Waals surface area contributed by atoms with Crippen molar-refractivity contribution in [1.82, 2.24) is 4.90 Å². The summed E-state index contributed by atoms with van der Waals surface area (Å²) in [5.74, 6) is -2.29. The van der Waals surface area contributed by atoms with Gasteiger partial charge in [0.15, 0.2) is 0 Å². The molecule has 4 atom stereocenters. The van der Waals surface area contributed by atoms with Gasteiger partial charge in [-0.1, -0.05) is 49.6 Å². The molecule has 1 heterocycles. The van der Waals surface area contributed by atoms with Gasteiger partial charge in [-0.2, -0.15) is 13.2 Å². The van der Waals surface area contributed by atoms with Crippen LogP contribution in [0.1, 0.15) is 90.0 Å². The first kappa shape index (κ1) is 31.1. The minimum atomic E-state index is -4.57. The van der Waals surface area contributed by atoms with E-state index >= 15 is 4.39 Å². The van der Waals surface area contributed by atoms with Crippen molar-refractivity contribution in [2.45, 2.75) is 89.5 Å². The average molecular weight is 622 g/mol. The molecule has 2 amide bonds. The lowest BCUT2D eigenvalue weighted by molar-refractivity contribution is -0.138. The molecule has 0 bridgehead atoms. The van der Waals surface area contributed by atoms with Crippen LogP contribution in [0.15, 0.2) is 60.7 Å². The van der Waals surface area contributed by atoms with Crippen molar-refractivity contribution < 1.29 is 27.2 Å². The second-order valence-corrected chi connectivity index (χ2v) is 13.0. The van der Waals surface area contributed by atoms with E-state index in [0.29, 0.717) is 18.0 Å². The molecule has 9 heteroatoms. The van der Waals surface area contributed by atoms with Gasteiger partial charge in [0, 0.05) is 23.5 Å². The third kappa shape index (κ3) is 6.31. The van der Waals surface area contributed by atoms with Gasteiger partial charge in [0.05, 0.1) is 23.1 Å². The predicted octanol–water partition coefficient (Wildman–Crippen LogP) is 8.83. The van der Waals surface area contributed by atoms with Crippen molar-refractivity contribution >= 4 is 23.2 Å². The van der Waals surface area contributed by atoms with E-state index < -0.39 is 41.3 Å². The monoisotopic (exact) mass is 621 g/mol. The molecule has 3 aromatic rings. The highest BCUT2D eigenvalue weighted by atomic mass is 19.4. The van der Waals surface area contributed by atoms with Gasteiger partial charge in [-0.15, -0.1) is 0 Å². The standard InChI is InChI=1S/C36H39F4N3O2/c1-21-13-16-27(20-29(21)36(38,39)40)42-34(44)28-19-24-8-6-12-31(24)43(35(45)32-22(2)7-5-11-30(32)37)33(28)23-14-17-26(18-15-23)41-25-9-3-4-10-25/h5,7,11,13-18,20,24-25,28,31,33,41H,3-4,6,8-10,12,19H2,1-2H3,(H,42,44)/t24-,28?,31-,33?/m0/s1. The Morgan fingerprint density at radius 3 is 2.24 bits per heavy atom. The van der Waals surface area contributed by atoms with E-state index in [-0.39, 0.29) is 28.8 Å². The summed E-state index contributed by atoms with van der Waals surface area (Å²) in [7, 11) is 0. The van der Waals surface area contributed by atoms with E-state index in [4.69, 9.17) is 0 Å². The molecule has 1 aliphatic heterocycles. The number of halogens is 4. The van der Waals surface area contributed by atoms with Gasteiger partial charge in [-0.05, 0) is 98.9 Å². The van der Waals surface area contributed by atoms with E-state index in [1.807, 2.05) is 24.3 Å². The lowest BCUT2D eigenvalue weighted by Crippen LogP contribution is -2.54. The number of benzene rings is 3. The number of carbonyl (C=O) groups is 2. The highest BCUT2D eigenvalue weighted by molar-refractivity contribution is 5.98. The van der Waals surface area contributed by atoms with Gasteiger partial charge < -0.3 is 15.5 Å². The van der Waals surface area contributed by atoms with Crippen LogP contribution >= 0.6 is 0 Å². The molecule has 2 aliphatic carbocycles. The first-order chi connectivity index (χ1) is 21.5. The molecule has 0 spiro atoms. The smallest absolute Gasteiger partial charge is 0.382 e. The zero-order valence-corrected chi connectivity index (χ0v) is 25.6. The number of nitrogens with zero attached hydrogens (tertiary/aromatic N) is 1. The quantitative estimate of drug-likeness (QED) is 0.271. The van der Waals surface area contributed by atoms with Crippen LogP contribution in [0.5, 0.6) is 0 Å². The molecule has 0 aromatic heterocycles. The number of alkyl halides is 3. The molecule has 238 valence electrons. The number of fused-ring (bicyclic) bond motifs is 1. The number of aryl methyl sites for hydroxylation is 2. The molecule has 1 saturated heterocycles. The van der Waals surface area contributed by atoms with Crippen molar-refractivity contribution in [1.29, 1.82) is 0 Å². The average Bonchev–Trinajstić information content (AvgIpc) is 3.69. The minimum Gasteiger partial charge on any atom is -0.382 e. The molecule has 2 unspecified atom stereocenters. The van der Waals surface area contributed by atoms with Crippen LogP contribution in [-0.4, -0.2) is 28.8 Å². The topological polar surface area (TPSA) is 61.4 Å². The van der Waals surface area contributed by atoms with Crippen molar-refractivity contribution in [3.8, 4) is 0 Å². The van der Waals surface area contributed by atoms with Crippen LogP contribution in [0.2, 0.25) is 0 Å². The number of anilines is 2. The first-order valence-electron chi connectivity index (χ1n) is 15.9. The zero-order chi connectivity index (χ0) is 31.9. The van der Waals surface area contributed by atoms with Crippen LogP contribution in [0, 0.1) is 31.5 Å². The maximum absolute atomic E-state index is 15.3. The number of likely N-dealkylation sites (tertiary alicyclic amines) is 1. The fourth-order valence-corrected chi connectivity index (χ4v) is 7.79. The van der Waals surface area contributed by atoms with E-state index in [1.54, 1.807) is 24.0 Å². The van der Waals surface area contributed by atoms with Gasteiger partial charge in [0.25, 0.3) is 5.91 Å². The number of piperidine rings is 1. The number of nitrogens with one attached hydrogen (secondary N) is 2. The van der Waals surface area contributed by atoms with Gasteiger partial charge in [0.1, 0.15) is 5.82 Å². The fourth-order valence-electron chi connectivity index (χ4n) is 7.79. The lowest BCUT2D eigenvalue weighted by Gasteiger charge is -2.48. The van der Waals surface area contributed by atoms with Crippen LogP contribution in [0.4, 0.5) is 28.9 Å². The van der Waals surface area contributed by atoms with Crippen molar-refractivity contribution in [2.24, 2.45) is 11.8 Å². The summed E-state index contributed by atoms with van der Waals surface area (Å²) in [4.78, 5) is 30.2. The molecule has 3 aromatic carbocycles. The third-order valence-corrected chi connectivity index (χ3v) is 10.0. The Hall–Kier alpha value is -3.88. The Labute approximate surface area is 261 Å². The van der Waals surface area contributed by atoms with Crippen LogP contribution in [0.25, 0.3) is 0 Å². The lowest BCUT2D eigenvalue weighted by atomic mass is 9.76. The Morgan fingerprint density at radius 1 is 0.844 bits per heavy atom. The summed E-state index contributed by atoms with van der Waals surface area (Å²) < 4.78 is 56.3. The molecule has 45 heavy (non-hydrogen) atoms. The molecule has 5 nitrogen and oxygen atoms in total. The maximum atomic E-state index is 15.3. The Balaban J connectivity index is 1.39. The van der Waals surface area contributed by atoms with Crippen LogP contribution < -0.4 is 10.6 Å².